The fourth-order valence-electron chi connectivity index (χ4n) is 4.11. The molecule has 0 radical (unpaired) electrons. The third-order valence-corrected chi connectivity index (χ3v) is 6.54. The van der Waals surface area contributed by atoms with E-state index < -0.39 is 6.10 Å². The number of amides is 1. The van der Waals surface area contributed by atoms with Crippen molar-refractivity contribution < 1.29 is 19.0 Å². The van der Waals surface area contributed by atoms with E-state index >= 15 is 0 Å². The average Bonchev–Trinajstić information content (AvgIpc) is 3.31. The van der Waals surface area contributed by atoms with Gasteiger partial charge in [-0.1, -0.05) is 18.2 Å². The quantitative estimate of drug-likeness (QED) is 0.544. The van der Waals surface area contributed by atoms with Gasteiger partial charge in [-0.15, -0.1) is 11.3 Å². The monoisotopic (exact) mass is 437 g/mol. The van der Waals surface area contributed by atoms with Crippen molar-refractivity contribution in [3.05, 3.63) is 75.5 Å². The molecule has 1 aromatic heterocycles. The lowest BCUT2D eigenvalue weighted by Crippen LogP contribution is -2.46. The Morgan fingerprint density at radius 3 is 2.55 bits per heavy atom. The Labute approximate surface area is 187 Å². The van der Waals surface area contributed by atoms with Crippen molar-refractivity contribution in [2.24, 2.45) is 0 Å². The second kappa shape index (κ2) is 9.02. The molecular weight excluding hydrogens is 410 g/mol. The van der Waals surface area contributed by atoms with Crippen LogP contribution >= 0.6 is 11.3 Å². The van der Waals surface area contributed by atoms with Crippen LogP contribution in [0.5, 0.6) is 17.2 Å². The fraction of sp³-hybridized carbons (Fsp3) is 0.320. The second-order valence-electron chi connectivity index (χ2n) is 7.68. The van der Waals surface area contributed by atoms with E-state index in [0.29, 0.717) is 23.8 Å². The van der Waals surface area contributed by atoms with Crippen molar-refractivity contribution in [1.29, 1.82) is 0 Å². The molecule has 1 aliphatic rings. The van der Waals surface area contributed by atoms with E-state index in [1.165, 1.54) is 5.56 Å². The topological polar surface area (TPSA) is 48.0 Å². The molecule has 5 nitrogen and oxygen atoms in total. The normalized spacial score (nSPS) is 16.4. The summed E-state index contributed by atoms with van der Waals surface area (Å²) >= 11 is 1.65. The Morgan fingerprint density at radius 2 is 1.87 bits per heavy atom. The number of thiophene rings is 1. The molecule has 0 saturated carbocycles. The Balaban J connectivity index is 1.68. The summed E-state index contributed by atoms with van der Waals surface area (Å²) in [7, 11) is 3.28. The van der Waals surface area contributed by atoms with E-state index in [0.717, 1.165) is 22.4 Å². The number of carbonyl (C=O) groups is 1. The van der Waals surface area contributed by atoms with Crippen molar-refractivity contribution in [2.75, 3.05) is 20.8 Å². The highest BCUT2D eigenvalue weighted by molar-refractivity contribution is 7.10. The van der Waals surface area contributed by atoms with Gasteiger partial charge in [0, 0.05) is 11.4 Å². The van der Waals surface area contributed by atoms with Crippen LogP contribution in [0, 0.1) is 6.92 Å². The zero-order valence-corrected chi connectivity index (χ0v) is 19.1. The number of fused-ring (bicyclic) bond motifs is 1. The molecule has 1 aliphatic heterocycles. The highest BCUT2D eigenvalue weighted by Gasteiger charge is 2.36. The van der Waals surface area contributed by atoms with Gasteiger partial charge in [0.1, 0.15) is 5.75 Å². The van der Waals surface area contributed by atoms with E-state index in [9.17, 15) is 4.79 Å². The predicted molar refractivity (Wildman–Crippen MR) is 122 cm³/mol. The standard InChI is InChI=1S/C25H27NO4S/c1-16-7-5-8-19(13-16)30-17(2)25(27)26-11-10-18-14-21(28-3)22(29-4)15-20(18)24(26)23-9-6-12-31-23/h5-9,12-15,17,24H,10-11H2,1-4H3. The molecule has 2 heterocycles. The number of methoxy groups -OCH3 is 2. The minimum atomic E-state index is -0.592. The van der Waals surface area contributed by atoms with Crippen LogP contribution in [0.3, 0.4) is 0 Å². The van der Waals surface area contributed by atoms with Gasteiger partial charge in [-0.05, 0) is 72.7 Å². The van der Waals surface area contributed by atoms with Crippen LogP contribution in [0.4, 0.5) is 0 Å². The minimum Gasteiger partial charge on any atom is -0.493 e. The van der Waals surface area contributed by atoms with Crippen LogP contribution in [0.25, 0.3) is 0 Å². The summed E-state index contributed by atoms with van der Waals surface area (Å²) in [6, 6.07) is 15.7. The maximum absolute atomic E-state index is 13.5. The van der Waals surface area contributed by atoms with Crippen LogP contribution < -0.4 is 14.2 Å². The van der Waals surface area contributed by atoms with Crippen molar-refractivity contribution in [3.8, 4) is 17.2 Å². The number of hydrogen-bond acceptors (Lipinski definition) is 5. The Bertz CT molecular complexity index is 1060. The van der Waals surface area contributed by atoms with Crippen LogP contribution in [-0.2, 0) is 11.2 Å². The first-order valence-electron chi connectivity index (χ1n) is 10.3. The molecule has 4 rings (SSSR count). The summed E-state index contributed by atoms with van der Waals surface area (Å²) in [5, 5.41) is 2.04. The van der Waals surface area contributed by atoms with Gasteiger partial charge < -0.3 is 19.1 Å². The van der Waals surface area contributed by atoms with Crippen LogP contribution in [-0.4, -0.2) is 37.7 Å². The van der Waals surface area contributed by atoms with E-state index in [-0.39, 0.29) is 11.9 Å². The van der Waals surface area contributed by atoms with Gasteiger partial charge in [0.2, 0.25) is 0 Å². The third kappa shape index (κ3) is 4.26. The first-order valence-corrected chi connectivity index (χ1v) is 11.2. The van der Waals surface area contributed by atoms with Gasteiger partial charge in [0.25, 0.3) is 5.91 Å². The maximum Gasteiger partial charge on any atom is 0.264 e. The molecule has 0 bridgehead atoms. The summed E-state index contributed by atoms with van der Waals surface area (Å²) in [6.07, 6.45) is 0.159. The molecule has 162 valence electrons. The number of aryl methyl sites for hydroxylation is 1. The zero-order chi connectivity index (χ0) is 22.0. The van der Waals surface area contributed by atoms with E-state index in [1.807, 2.05) is 66.6 Å². The molecule has 2 unspecified atom stereocenters. The number of carbonyl (C=O) groups excluding carboxylic acids is 1. The molecule has 0 spiro atoms. The van der Waals surface area contributed by atoms with Gasteiger partial charge >= 0.3 is 0 Å². The minimum absolute atomic E-state index is 0.0275. The first kappa shape index (κ1) is 21.2. The third-order valence-electron chi connectivity index (χ3n) is 5.62. The molecule has 0 aliphatic carbocycles. The average molecular weight is 438 g/mol. The Morgan fingerprint density at radius 1 is 1.10 bits per heavy atom. The van der Waals surface area contributed by atoms with Crippen LogP contribution in [0.1, 0.15) is 34.5 Å². The van der Waals surface area contributed by atoms with Gasteiger partial charge in [-0.2, -0.15) is 0 Å². The summed E-state index contributed by atoms with van der Waals surface area (Å²) in [5.74, 6) is 2.06. The lowest BCUT2D eigenvalue weighted by molar-refractivity contribution is -0.140. The van der Waals surface area contributed by atoms with Gasteiger partial charge in [-0.25, -0.2) is 0 Å². The molecular formula is C25H27NO4S. The maximum atomic E-state index is 13.5. The molecule has 2 atom stereocenters. The van der Waals surface area contributed by atoms with E-state index in [1.54, 1.807) is 25.6 Å². The van der Waals surface area contributed by atoms with Gasteiger partial charge in [0.05, 0.1) is 20.3 Å². The first-order chi connectivity index (χ1) is 15.0. The smallest absolute Gasteiger partial charge is 0.264 e. The number of benzene rings is 2. The SMILES string of the molecule is COc1cc2c(cc1OC)C(c1cccs1)N(C(=O)C(C)Oc1cccc(C)c1)CC2. The lowest BCUT2D eigenvalue weighted by Gasteiger charge is -2.38. The summed E-state index contributed by atoms with van der Waals surface area (Å²) < 4.78 is 17.1. The molecule has 0 saturated heterocycles. The number of ether oxygens (including phenoxy) is 3. The number of rotatable bonds is 6. The van der Waals surface area contributed by atoms with Crippen molar-refractivity contribution in [1.82, 2.24) is 4.90 Å². The molecule has 0 N–H and O–H groups in total. The van der Waals surface area contributed by atoms with Crippen molar-refractivity contribution >= 4 is 17.2 Å². The van der Waals surface area contributed by atoms with E-state index in [2.05, 4.69) is 6.07 Å². The molecule has 6 heteroatoms. The Hall–Kier alpha value is -2.99. The highest BCUT2D eigenvalue weighted by Crippen LogP contribution is 2.42. The summed E-state index contributed by atoms with van der Waals surface area (Å²) in [6.45, 7) is 4.45. The molecule has 2 aromatic carbocycles. The van der Waals surface area contributed by atoms with Crippen molar-refractivity contribution in [2.45, 2.75) is 32.4 Å². The predicted octanol–water partition coefficient (Wildman–Crippen LogP) is 5.02. The molecule has 1 amide bonds. The van der Waals surface area contributed by atoms with Crippen LogP contribution in [0.15, 0.2) is 53.9 Å². The largest absolute Gasteiger partial charge is 0.493 e. The summed E-state index contributed by atoms with van der Waals surface area (Å²) in [4.78, 5) is 16.6. The number of hydrogen-bond donors (Lipinski definition) is 0. The fourth-order valence-corrected chi connectivity index (χ4v) is 4.97. The highest BCUT2D eigenvalue weighted by atomic mass is 32.1. The van der Waals surface area contributed by atoms with Gasteiger partial charge in [-0.3, -0.25) is 4.79 Å². The molecule has 31 heavy (non-hydrogen) atoms. The molecule has 3 aromatic rings. The van der Waals surface area contributed by atoms with E-state index in [4.69, 9.17) is 14.2 Å². The number of nitrogens with zero attached hydrogens (tertiary/aromatic N) is 1. The lowest BCUT2D eigenvalue weighted by atomic mass is 9.90. The zero-order valence-electron chi connectivity index (χ0n) is 18.3. The molecule has 0 fully saturated rings. The summed E-state index contributed by atoms with van der Waals surface area (Å²) in [5.41, 5.74) is 3.34. The Kier molecular flexibility index (Phi) is 6.18. The van der Waals surface area contributed by atoms with Crippen LogP contribution in [0.2, 0.25) is 0 Å². The van der Waals surface area contributed by atoms with Gasteiger partial charge in [0.15, 0.2) is 17.6 Å². The van der Waals surface area contributed by atoms with Crippen molar-refractivity contribution in [3.63, 3.8) is 0 Å². The second-order valence-corrected chi connectivity index (χ2v) is 8.66.